The van der Waals surface area contributed by atoms with E-state index in [0.717, 1.165) is 50.4 Å². The van der Waals surface area contributed by atoms with Crippen molar-refractivity contribution in [2.75, 3.05) is 19.8 Å². The maximum Gasteiger partial charge on any atom is 0.168 e. The largest absolute Gasteiger partial charge is 0.348 e. The van der Waals surface area contributed by atoms with Gasteiger partial charge in [-0.15, -0.1) is 11.3 Å². The standard InChI is InChI=1S/C19H24N2O2S/c1-2-4-16(5-3-1)17(18-20-10-13-24-18)21-14-15-6-8-19(9-7-15)22-11-12-23-19/h1-5,10,13,15,17,21H,6-9,11-12,14H2/t17-/m1/s1. The maximum atomic E-state index is 5.83. The highest BCUT2D eigenvalue weighted by atomic mass is 32.1. The molecule has 24 heavy (non-hydrogen) atoms. The van der Waals surface area contributed by atoms with Crippen molar-refractivity contribution in [3.63, 3.8) is 0 Å². The van der Waals surface area contributed by atoms with Crippen LogP contribution in [0.3, 0.4) is 0 Å². The second-order valence-corrected chi connectivity index (χ2v) is 7.60. The van der Waals surface area contributed by atoms with Gasteiger partial charge in [0.05, 0.1) is 19.3 Å². The predicted octanol–water partition coefficient (Wildman–Crippen LogP) is 3.76. The lowest BCUT2D eigenvalue weighted by molar-refractivity contribution is -0.182. The van der Waals surface area contributed by atoms with Crippen LogP contribution >= 0.6 is 11.3 Å². The smallest absolute Gasteiger partial charge is 0.168 e. The molecule has 0 amide bonds. The van der Waals surface area contributed by atoms with Gasteiger partial charge in [-0.05, 0) is 30.9 Å². The van der Waals surface area contributed by atoms with Crippen LogP contribution in [0.15, 0.2) is 41.9 Å². The van der Waals surface area contributed by atoms with Gasteiger partial charge in [-0.2, -0.15) is 0 Å². The highest BCUT2D eigenvalue weighted by molar-refractivity contribution is 7.09. The van der Waals surface area contributed by atoms with Gasteiger partial charge in [-0.25, -0.2) is 4.98 Å². The molecule has 1 saturated heterocycles. The summed E-state index contributed by atoms with van der Waals surface area (Å²) in [5, 5.41) is 6.94. The van der Waals surface area contributed by atoms with Gasteiger partial charge in [0.2, 0.25) is 0 Å². The predicted molar refractivity (Wildman–Crippen MR) is 95.0 cm³/mol. The van der Waals surface area contributed by atoms with Gasteiger partial charge in [0.15, 0.2) is 5.79 Å². The van der Waals surface area contributed by atoms with Crippen LogP contribution in [0.1, 0.15) is 42.3 Å². The van der Waals surface area contributed by atoms with E-state index in [4.69, 9.17) is 9.47 Å². The molecule has 0 radical (unpaired) electrons. The van der Waals surface area contributed by atoms with Crippen molar-refractivity contribution in [2.24, 2.45) is 5.92 Å². The molecule has 0 unspecified atom stereocenters. The number of rotatable bonds is 5. The number of aromatic nitrogens is 1. The first-order valence-electron chi connectivity index (χ1n) is 8.80. The molecule has 1 atom stereocenters. The van der Waals surface area contributed by atoms with Crippen LogP contribution in [-0.4, -0.2) is 30.5 Å². The normalized spacial score (nSPS) is 22.0. The molecule has 1 aromatic heterocycles. The molecule has 1 saturated carbocycles. The molecule has 0 bridgehead atoms. The first-order chi connectivity index (χ1) is 11.8. The molecule has 2 aromatic rings. The Balaban J connectivity index is 1.38. The first kappa shape index (κ1) is 16.2. The van der Waals surface area contributed by atoms with Crippen molar-refractivity contribution in [1.29, 1.82) is 0 Å². The summed E-state index contributed by atoms with van der Waals surface area (Å²) in [7, 11) is 0. The van der Waals surface area contributed by atoms with Crippen LogP contribution in [0.4, 0.5) is 0 Å². The number of nitrogens with zero attached hydrogens (tertiary/aromatic N) is 1. The number of thiazole rings is 1. The molecule has 1 aliphatic carbocycles. The van der Waals surface area contributed by atoms with E-state index >= 15 is 0 Å². The molecule has 4 nitrogen and oxygen atoms in total. The highest BCUT2D eigenvalue weighted by Gasteiger charge is 2.40. The summed E-state index contributed by atoms with van der Waals surface area (Å²) >= 11 is 1.71. The lowest BCUT2D eigenvalue weighted by Gasteiger charge is -2.35. The molecule has 4 rings (SSSR count). The third-order valence-electron chi connectivity index (χ3n) is 5.12. The average molecular weight is 344 g/mol. The number of hydrogen-bond acceptors (Lipinski definition) is 5. The minimum atomic E-state index is -0.259. The Morgan fingerprint density at radius 3 is 2.58 bits per heavy atom. The zero-order valence-electron chi connectivity index (χ0n) is 13.8. The molecular weight excluding hydrogens is 320 g/mol. The number of benzene rings is 1. The molecule has 128 valence electrons. The van der Waals surface area contributed by atoms with Crippen LogP contribution in [0.2, 0.25) is 0 Å². The third-order valence-corrected chi connectivity index (χ3v) is 5.96. The summed E-state index contributed by atoms with van der Waals surface area (Å²) in [6, 6.07) is 10.8. The van der Waals surface area contributed by atoms with Crippen molar-refractivity contribution < 1.29 is 9.47 Å². The molecule has 5 heteroatoms. The zero-order valence-corrected chi connectivity index (χ0v) is 14.6. The van der Waals surface area contributed by atoms with E-state index in [9.17, 15) is 0 Å². The fourth-order valence-corrected chi connectivity index (χ4v) is 4.50. The van der Waals surface area contributed by atoms with Crippen molar-refractivity contribution >= 4 is 11.3 Å². The molecular formula is C19H24N2O2S. The number of ether oxygens (including phenoxy) is 2. The average Bonchev–Trinajstić information content (AvgIpc) is 3.31. The van der Waals surface area contributed by atoms with Crippen LogP contribution in [-0.2, 0) is 9.47 Å². The highest BCUT2D eigenvalue weighted by Crippen LogP contribution is 2.38. The fraction of sp³-hybridized carbons (Fsp3) is 0.526. The molecule has 1 aromatic carbocycles. The van der Waals surface area contributed by atoms with E-state index in [1.807, 2.05) is 11.6 Å². The Bertz CT molecular complexity index is 616. The van der Waals surface area contributed by atoms with Crippen LogP contribution in [0.5, 0.6) is 0 Å². The Morgan fingerprint density at radius 1 is 1.17 bits per heavy atom. The van der Waals surface area contributed by atoms with Gasteiger partial charge in [0.25, 0.3) is 0 Å². The van der Waals surface area contributed by atoms with Crippen LogP contribution < -0.4 is 5.32 Å². The second kappa shape index (κ2) is 7.31. The van der Waals surface area contributed by atoms with E-state index in [-0.39, 0.29) is 11.8 Å². The van der Waals surface area contributed by atoms with E-state index in [2.05, 4.69) is 40.6 Å². The third kappa shape index (κ3) is 3.54. The van der Waals surface area contributed by atoms with Gasteiger partial charge < -0.3 is 14.8 Å². The zero-order chi connectivity index (χ0) is 16.2. The van der Waals surface area contributed by atoms with Crippen LogP contribution in [0, 0.1) is 5.92 Å². The Hall–Kier alpha value is -1.27. The van der Waals surface area contributed by atoms with Crippen LogP contribution in [0.25, 0.3) is 0 Å². The fourth-order valence-electron chi connectivity index (χ4n) is 3.76. The van der Waals surface area contributed by atoms with Gasteiger partial charge >= 0.3 is 0 Å². The topological polar surface area (TPSA) is 43.4 Å². The summed E-state index contributed by atoms with van der Waals surface area (Å²) in [6.45, 7) is 2.52. The summed E-state index contributed by atoms with van der Waals surface area (Å²) in [5.74, 6) is 0.416. The summed E-state index contributed by atoms with van der Waals surface area (Å²) in [5.41, 5.74) is 1.28. The Labute approximate surface area is 147 Å². The van der Waals surface area contributed by atoms with Gasteiger partial charge in [0, 0.05) is 24.4 Å². The Morgan fingerprint density at radius 2 is 1.92 bits per heavy atom. The number of nitrogens with one attached hydrogen (secondary N) is 1. The molecule has 1 aliphatic heterocycles. The maximum absolute atomic E-state index is 5.83. The quantitative estimate of drug-likeness (QED) is 0.897. The Kier molecular flexibility index (Phi) is 4.94. The SMILES string of the molecule is c1ccc([C@@H](NCC2CCC3(CC2)OCCO3)c2nccs2)cc1. The lowest BCUT2D eigenvalue weighted by Crippen LogP contribution is -2.38. The molecule has 1 spiro atoms. The second-order valence-electron chi connectivity index (χ2n) is 6.67. The summed E-state index contributed by atoms with van der Waals surface area (Å²) in [6.07, 6.45) is 6.24. The molecule has 2 aliphatic rings. The monoisotopic (exact) mass is 344 g/mol. The van der Waals surface area contributed by atoms with E-state index in [1.165, 1.54) is 5.56 Å². The van der Waals surface area contributed by atoms with Gasteiger partial charge in [-0.3, -0.25) is 0 Å². The summed E-state index contributed by atoms with van der Waals surface area (Å²) in [4.78, 5) is 4.53. The van der Waals surface area contributed by atoms with E-state index in [1.54, 1.807) is 11.3 Å². The van der Waals surface area contributed by atoms with Gasteiger partial charge in [-0.1, -0.05) is 30.3 Å². The molecule has 2 fully saturated rings. The lowest BCUT2D eigenvalue weighted by atomic mass is 9.85. The minimum absolute atomic E-state index is 0.182. The van der Waals surface area contributed by atoms with Crippen molar-refractivity contribution in [1.82, 2.24) is 10.3 Å². The minimum Gasteiger partial charge on any atom is -0.348 e. The van der Waals surface area contributed by atoms with Crippen molar-refractivity contribution in [3.05, 3.63) is 52.5 Å². The summed E-state index contributed by atoms with van der Waals surface area (Å²) < 4.78 is 11.7. The van der Waals surface area contributed by atoms with Gasteiger partial charge in [0.1, 0.15) is 5.01 Å². The number of hydrogen-bond donors (Lipinski definition) is 1. The van der Waals surface area contributed by atoms with Crippen molar-refractivity contribution in [3.8, 4) is 0 Å². The van der Waals surface area contributed by atoms with E-state index < -0.39 is 0 Å². The van der Waals surface area contributed by atoms with E-state index in [0.29, 0.717) is 5.92 Å². The molecule has 1 N–H and O–H groups in total. The molecule has 2 heterocycles. The van der Waals surface area contributed by atoms with Crippen molar-refractivity contribution in [2.45, 2.75) is 37.5 Å². The first-order valence-corrected chi connectivity index (χ1v) is 9.68.